The summed E-state index contributed by atoms with van der Waals surface area (Å²) in [6.07, 6.45) is 2.54. The van der Waals surface area contributed by atoms with Gasteiger partial charge in [-0.05, 0) is 32.6 Å². The van der Waals surface area contributed by atoms with Crippen LogP contribution in [0.4, 0.5) is 0 Å². The average molecular weight is 168 g/mol. The number of hydrogen-bond donors (Lipinski definition) is 1. The van der Waals surface area contributed by atoms with Gasteiger partial charge >= 0.3 is 0 Å². The molecule has 3 heteroatoms. The summed E-state index contributed by atoms with van der Waals surface area (Å²) in [6, 6.07) is -0.219. The molecule has 0 aromatic carbocycles. The van der Waals surface area contributed by atoms with Crippen molar-refractivity contribution in [2.75, 3.05) is 6.54 Å². The molecule has 12 heavy (non-hydrogen) atoms. The van der Waals surface area contributed by atoms with Gasteiger partial charge in [0.1, 0.15) is 6.04 Å². The van der Waals surface area contributed by atoms with Gasteiger partial charge in [0, 0.05) is 12.1 Å². The van der Waals surface area contributed by atoms with Gasteiger partial charge < -0.3 is 10.6 Å². The number of amides is 1. The molecule has 1 aliphatic heterocycles. The minimum Gasteiger partial charge on any atom is -0.334 e. The third kappa shape index (κ3) is 0.959. The molecule has 1 heterocycles. The molecule has 1 unspecified atom stereocenters. The fraction of sp³-hybridized carbons (Fsp3) is 0.889. The van der Waals surface area contributed by atoms with Crippen molar-refractivity contribution >= 4 is 5.91 Å². The Labute approximate surface area is 72.9 Å². The summed E-state index contributed by atoms with van der Waals surface area (Å²) in [7, 11) is 0. The Balaban J connectivity index is 2.04. The zero-order valence-electron chi connectivity index (χ0n) is 7.71. The van der Waals surface area contributed by atoms with Crippen LogP contribution in [0.5, 0.6) is 0 Å². The number of nitrogens with zero attached hydrogens (tertiary/aromatic N) is 1. The van der Waals surface area contributed by atoms with Gasteiger partial charge in [0.05, 0.1) is 0 Å². The molecule has 2 aliphatic rings. The smallest absolute Gasteiger partial charge is 0.241 e. The fourth-order valence-corrected chi connectivity index (χ4v) is 1.98. The first kappa shape index (κ1) is 8.05. The minimum absolute atomic E-state index is 0.0625. The second-order valence-corrected chi connectivity index (χ2v) is 4.48. The Morgan fingerprint density at radius 2 is 2.08 bits per heavy atom. The van der Waals surface area contributed by atoms with Crippen LogP contribution in [0.1, 0.15) is 26.7 Å². The second-order valence-electron chi connectivity index (χ2n) is 4.48. The molecule has 3 nitrogen and oxygen atoms in total. The van der Waals surface area contributed by atoms with E-state index in [-0.39, 0.29) is 17.5 Å². The SMILES string of the molecule is CC(C)(C1CC1)N1CC(N)C1=O. The van der Waals surface area contributed by atoms with Gasteiger partial charge in [-0.3, -0.25) is 4.79 Å². The molecule has 0 aromatic rings. The molecule has 68 valence electrons. The number of carbonyl (C=O) groups is 1. The van der Waals surface area contributed by atoms with Gasteiger partial charge in [-0.1, -0.05) is 0 Å². The van der Waals surface area contributed by atoms with E-state index in [0.29, 0.717) is 5.92 Å². The molecular formula is C9H16N2O. The summed E-state index contributed by atoms with van der Waals surface area (Å²) in [4.78, 5) is 13.3. The predicted octanol–water partition coefficient (Wildman–Crippen LogP) is 0.344. The van der Waals surface area contributed by atoms with E-state index in [0.717, 1.165) is 6.54 Å². The normalized spacial score (nSPS) is 30.4. The van der Waals surface area contributed by atoms with Crippen LogP contribution in [-0.2, 0) is 4.79 Å². The Morgan fingerprint density at radius 1 is 1.50 bits per heavy atom. The largest absolute Gasteiger partial charge is 0.334 e. The van der Waals surface area contributed by atoms with Gasteiger partial charge in [0.2, 0.25) is 5.91 Å². The Hall–Kier alpha value is -0.570. The summed E-state index contributed by atoms with van der Waals surface area (Å²) >= 11 is 0. The maximum absolute atomic E-state index is 11.3. The lowest BCUT2D eigenvalue weighted by Gasteiger charge is -2.47. The minimum atomic E-state index is -0.219. The summed E-state index contributed by atoms with van der Waals surface area (Å²) < 4.78 is 0. The van der Waals surface area contributed by atoms with E-state index in [2.05, 4.69) is 13.8 Å². The van der Waals surface area contributed by atoms with Crippen molar-refractivity contribution in [3.8, 4) is 0 Å². The standard InChI is InChI=1S/C9H16N2O/c1-9(2,6-3-4-6)11-5-7(10)8(11)12/h6-7H,3-5,10H2,1-2H3. The second kappa shape index (κ2) is 2.22. The lowest BCUT2D eigenvalue weighted by molar-refractivity contribution is -0.151. The molecule has 2 fully saturated rings. The van der Waals surface area contributed by atoms with Crippen molar-refractivity contribution in [2.45, 2.75) is 38.3 Å². The predicted molar refractivity (Wildman–Crippen MR) is 46.5 cm³/mol. The monoisotopic (exact) mass is 168 g/mol. The maximum Gasteiger partial charge on any atom is 0.241 e. The van der Waals surface area contributed by atoms with Gasteiger partial charge in [-0.15, -0.1) is 0 Å². The number of hydrogen-bond acceptors (Lipinski definition) is 2. The van der Waals surface area contributed by atoms with E-state index in [1.54, 1.807) is 0 Å². The summed E-state index contributed by atoms with van der Waals surface area (Å²) in [6.45, 7) is 5.05. The van der Waals surface area contributed by atoms with Crippen molar-refractivity contribution in [2.24, 2.45) is 11.7 Å². The molecule has 1 atom stereocenters. The van der Waals surface area contributed by atoms with Crippen LogP contribution in [0.15, 0.2) is 0 Å². The van der Waals surface area contributed by atoms with Crippen molar-refractivity contribution in [1.29, 1.82) is 0 Å². The molecule has 1 aliphatic carbocycles. The van der Waals surface area contributed by atoms with E-state index >= 15 is 0 Å². The fourth-order valence-electron chi connectivity index (χ4n) is 1.98. The number of carbonyl (C=O) groups excluding carboxylic acids is 1. The first-order valence-corrected chi connectivity index (χ1v) is 4.60. The Bertz CT molecular complexity index is 221. The first-order valence-electron chi connectivity index (χ1n) is 4.60. The first-order chi connectivity index (χ1) is 5.53. The number of likely N-dealkylation sites (tertiary alicyclic amines) is 1. The summed E-state index contributed by atoms with van der Waals surface area (Å²) in [5, 5.41) is 0. The third-order valence-corrected chi connectivity index (χ3v) is 3.23. The Kier molecular flexibility index (Phi) is 1.49. The number of β-lactam (4-membered cyclic amide) rings is 1. The maximum atomic E-state index is 11.3. The van der Waals surface area contributed by atoms with Crippen LogP contribution in [0.25, 0.3) is 0 Å². The van der Waals surface area contributed by atoms with E-state index in [4.69, 9.17) is 5.73 Å². The summed E-state index contributed by atoms with van der Waals surface area (Å²) in [5.74, 6) is 0.848. The molecule has 1 amide bonds. The Morgan fingerprint density at radius 3 is 2.42 bits per heavy atom. The molecule has 0 aromatic heterocycles. The molecule has 0 spiro atoms. The molecular weight excluding hydrogens is 152 g/mol. The summed E-state index contributed by atoms with van der Waals surface area (Å²) in [5.41, 5.74) is 5.60. The van der Waals surface area contributed by atoms with Gasteiger partial charge in [-0.2, -0.15) is 0 Å². The quantitative estimate of drug-likeness (QED) is 0.604. The van der Waals surface area contributed by atoms with E-state index in [9.17, 15) is 4.79 Å². The molecule has 1 saturated heterocycles. The third-order valence-electron chi connectivity index (χ3n) is 3.23. The highest BCUT2D eigenvalue weighted by atomic mass is 16.2. The van der Waals surface area contributed by atoms with Crippen LogP contribution in [0.3, 0.4) is 0 Å². The van der Waals surface area contributed by atoms with Gasteiger partial charge in [-0.25, -0.2) is 0 Å². The highest BCUT2D eigenvalue weighted by Gasteiger charge is 2.49. The van der Waals surface area contributed by atoms with Crippen LogP contribution in [-0.4, -0.2) is 28.9 Å². The highest BCUT2D eigenvalue weighted by molar-refractivity contribution is 5.88. The lowest BCUT2D eigenvalue weighted by atomic mass is 9.90. The van der Waals surface area contributed by atoms with Crippen molar-refractivity contribution in [1.82, 2.24) is 4.90 Å². The molecule has 0 radical (unpaired) electrons. The van der Waals surface area contributed by atoms with E-state index < -0.39 is 0 Å². The van der Waals surface area contributed by atoms with Crippen molar-refractivity contribution < 1.29 is 4.79 Å². The molecule has 1 saturated carbocycles. The zero-order valence-corrected chi connectivity index (χ0v) is 7.71. The van der Waals surface area contributed by atoms with Crippen LogP contribution < -0.4 is 5.73 Å². The van der Waals surface area contributed by atoms with Crippen LogP contribution in [0.2, 0.25) is 0 Å². The molecule has 0 bridgehead atoms. The van der Waals surface area contributed by atoms with Crippen molar-refractivity contribution in [3.63, 3.8) is 0 Å². The average Bonchev–Trinajstić information content (AvgIpc) is 2.80. The number of nitrogens with two attached hydrogens (primary N) is 1. The van der Waals surface area contributed by atoms with E-state index in [1.807, 2.05) is 4.90 Å². The zero-order chi connectivity index (χ0) is 8.93. The van der Waals surface area contributed by atoms with Crippen molar-refractivity contribution in [3.05, 3.63) is 0 Å². The van der Waals surface area contributed by atoms with Crippen LogP contribution >= 0.6 is 0 Å². The highest BCUT2D eigenvalue weighted by Crippen LogP contribution is 2.44. The van der Waals surface area contributed by atoms with Crippen LogP contribution in [0, 0.1) is 5.92 Å². The molecule has 2 rings (SSSR count). The van der Waals surface area contributed by atoms with Gasteiger partial charge in [0.25, 0.3) is 0 Å². The van der Waals surface area contributed by atoms with Gasteiger partial charge in [0.15, 0.2) is 0 Å². The topological polar surface area (TPSA) is 46.3 Å². The number of rotatable bonds is 2. The van der Waals surface area contributed by atoms with E-state index in [1.165, 1.54) is 12.8 Å². The lowest BCUT2D eigenvalue weighted by Crippen LogP contribution is -2.68. The molecule has 2 N–H and O–H groups in total.